The summed E-state index contributed by atoms with van der Waals surface area (Å²) in [5, 5.41) is 2.81. The minimum Gasteiger partial charge on any atom is -0.321 e. The molecule has 98 valence electrons. The summed E-state index contributed by atoms with van der Waals surface area (Å²) >= 11 is 9.03. The zero-order chi connectivity index (χ0) is 13.8. The molecular formula is C14H12BrClN2O. The van der Waals surface area contributed by atoms with Crippen molar-refractivity contribution in [3.8, 4) is 0 Å². The van der Waals surface area contributed by atoms with Gasteiger partial charge in [0.15, 0.2) is 0 Å². The first-order valence-corrected chi connectivity index (χ1v) is 7.01. The fraction of sp³-hybridized carbons (Fsp3) is 0.143. The molecule has 0 saturated heterocycles. The van der Waals surface area contributed by atoms with Gasteiger partial charge >= 0.3 is 0 Å². The molecule has 0 unspecified atom stereocenters. The van der Waals surface area contributed by atoms with Crippen LogP contribution in [0, 0.1) is 6.92 Å². The van der Waals surface area contributed by atoms with Gasteiger partial charge in [0.05, 0.1) is 11.9 Å². The Balaban J connectivity index is 2.13. The van der Waals surface area contributed by atoms with Crippen molar-refractivity contribution in [3.63, 3.8) is 0 Å². The molecule has 0 atom stereocenters. The number of rotatable bonds is 3. The summed E-state index contributed by atoms with van der Waals surface area (Å²) in [4.78, 5) is 16.2. The Morgan fingerprint density at radius 1 is 1.37 bits per heavy atom. The molecule has 1 aromatic heterocycles. The summed E-state index contributed by atoms with van der Waals surface area (Å²) in [6.45, 7) is 1.92. The van der Waals surface area contributed by atoms with Gasteiger partial charge in [-0.25, -0.2) is 4.98 Å². The lowest BCUT2D eigenvalue weighted by atomic mass is 10.1. The number of alkyl halides is 1. The van der Waals surface area contributed by atoms with E-state index in [1.807, 2.05) is 25.1 Å². The Labute approximate surface area is 125 Å². The van der Waals surface area contributed by atoms with Crippen LogP contribution in [0.3, 0.4) is 0 Å². The van der Waals surface area contributed by atoms with Crippen LogP contribution in [0.25, 0.3) is 0 Å². The van der Waals surface area contributed by atoms with E-state index in [9.17, 15) is 4.79 Å². The van der Waals surface area contributed by atoms with Gasteiger partial charge in [0, 0.05) is 11.4 Å². The van der Waals surface area contributed by atoms with E-state index < -0.39 is 0 Å². The van der Waals surface area contributed by atoms with Crippen LogP contribution in [-0.2, 0) is 5.88 Å². The fourth-order valence-electron chi connectivity index (χ4n) is 1.57. The maximum absolute atomic E-state index is 12.0. The summed E-state index contributed by atoms with van der Waals surface area (Å²) in [7, 11) is 0. The van der Waals surface area contributed by atoms with Crippen LogP contribution in [0.5, 0.6) is 0 Å². The van der Waals surface area contributed by atoms with E-state index >= 15 is 0 Å². The normalized spacial score (nSPS) is 10.3. The van der Waals surface area contributed by atoms with Crippen molar-refractivity contribution in [3.05, 3.63) is 57.8 Å². The van der Waals surface area contributed by atoms with E-state index in [-0.39, 0.29) is 5.91 Å². The second-order valence-electron chi connectivity index (χ2n) is 4.12. The maximum Gasteiger partial charge on any atom is 0.255 e. The number of pyridine rings is 1. The van der Waals surface area contributed by atoms with Gasteiger partial charge in [0.25, 0.3) is 5.91 Å². The maximum atomic E-state index is 12.0. The number of hydrogen-bond donors (Lipinski definition) is 1. The van der Waals surface area contributed by atoms with Gasteiger partial charge in [0.2, 0.25) is 0 Å². The average Bonchev–Trinajstić information content (AvgIpc) is 2.43. The smallest absolute Gasteiger partial charge is 0.255 e. The van der Waals surface area contributed by atoms with Gasteiger partial charge in [-0.3, -0.25) is 4.79 Å². The van der Waals surface area contributed by atoms with Crippen LogP contribution in [0.15, 0.2) is 41.1 Å². The molecule has 3 nitrogen and oxygen atoms in total. The number of anilines is 1. The van der Waals surface area contributed by atoms with Gasteiger partial charge in [-0.1, -0.05) is 12.1 Å². The molecule has 19 heavy (non-hydrogen) atoms. The van der Waals surface area contributed by atoms with Crippen LogP contribution < -0.4 is 5.32 Å². The van der Waals surface area contributed by atoms with E-state index in [1.165, 1.54) is 0 Å². The minimum atomic E-state index is -0.162. The van der Waals surface area contributed by atoms with E-state index in [0.29, 0.717) is 17.1 Å². The lowest BCUT2D eigenvalue weighted by Gasteiger charge is -2.07. The standard InChI is InChI=1S/C14H12BrClN2O/c1-9-6-12(8-17-13(9)15)18-14(19)11-4-2-10(7-16)3-5-11/h2-6,8H,7H2,1H3,(H,18,19). The second kappa shape index (κ2) is 6.17. The quantitative estimate of drug-likeness (QED) is 0.674. The van der Waals surface area contributed by atoms with E-state index in [4.69, 9.17) is 11.6 Å². The number of halogens is 2. The van der Waals surface area contributed by atoms with Crippen molar-refractivity contribution in [2.24, 2.45) is 0 Å². The Bertz CT molecular complexity index is 599. The average molecular weight is 340 g/mol. The number of amides is 1. The van der Waals surface area contributed by atoms with Crippen molar-refractivity contribution in [1.29, 1.82) is 0 Å². The summed E-state index contributed by atoms with van der Waals surface area (Å²) in [5.74, 6) is 0.280. The van der Waals surface area contributed by atoms with Crippen LogP contribution in [0.1, 0.15) is 21.5 Å². The molecule has 0 aliphatic rings. The number of carbonyl (C=O) groups excluding carboxylic acids is 1. The van der Waals surface area contributed by atoms with Crippen LogP contribution >= 0.6 is 27.5 Å². The van der Waals surface area contributed by atoms with Gasteiger partial charge in [0.1, 0.15) is 4.60 Å². The van der Waals surface area contributed by atoms with Gasteiger partial charge in [-0.15, -0.1) is 11.6 Å². The molecular weight excluding hydrogens is 328 g/mol. The highest BCUT2D eigenvalue weighted by Gasteiger charge is 2.07. The lowest BCUT2D eigenvalue weighted by Crippen LogP contribution is -2.12. The first-order valence-electron chi connectivity index (χ1n) is 5.68. The van der Waals surface area contributed by atoms with Gasteiger partial charge < -0.3 is 5.32 Å². The first kappa shape index (κ1) is 14.0. The molecule has 1 heterocycles. The third-order valence-electron chi connectivity index (χ3n) is 2.64. The zero-order valence-corrected chi connectivity index (χ0v) is 12.6. The fourth-order valence-corrected chi connectivity index (χ4v) is 1.97. The molecule has 1 amide bonds. The summed E-state index contributed by atoms with van der Waals surface area (Å²) in [6.07, 6.45) is 1.61. The van der Waals surface area contributed by atoms with Crippen molar-refractivity contribution in [2.75, 3.05) is 5.32 Å². The zero-order valence-electron chi connectivity index (χ0n) is 10.3. The Morgan fingerprint density at radius 2 is 2.05 bits per heavy atom. The number of hydrogen-bond acceptors (Lipinski definition) is 2. The Morgan fingerprint density at radius 3 is 2.63 bits per heavy atom. The van der Waals surface area contributed by atoms with Gasteiger partial charge in [-0.2, -0.15) is 0 Å². The minimum absolute atomic E-state index is 0.162. The molecule has 2 rings (SSSR count). The molecule has 0 aliphatic carbocycles. The van der Waals surface area contributed by atoms with Crippen molar-refractivity contribution >= 4 is 39.1 Å². The largest absolute Gasteiger partial charge is 0.321 e. The SMILES string of the molecule is Cc1cc(NC(=O)c2ccc(CCl)cc2)cnc1Br. The predicted octanol–water partition coefficient (Wildman–Crippen LogP) is 4.14. The number of nitrogens with zero attached hydrogens (tertiary/aromatic N) is 1. The molecule has 0 radical (unpaired) electrons. The molecule has 0 saturated carbocycles. The van der Waals surface area contributed by atoms with E-state index in [2.05, 4.69) is 26.2 Å². The highest BCUT2D eigenvalue weighted by atomic mass is 79.9. The van der Waals surface area contributed by atoms with Crippen LogP contribution in [-0.4, -0.2) is 10.9 Å². The monoisotopic (exact) mass is 338 g/mol. The summed E-state index contributed by atoms with van der Waals surface area (Å²) in [5.41, 5.74) is 3.22. The first-order chi connectivity index (χ1) is 9.10. The molecule has 5 heteroatoms. The topological polar surface area (TPSA) is 42.0 Å². The molecule has 0 fully saturated rings. The summed E-state index contributed by atoms with van der Waals surface area (Å²) in [6, 6.07) is 9.06. The predicted molar refractivity (Wildman–Crippen MR) is 80.6 cm³/mol. The van der Waals surface area contributed by atoms with E-state index in [1.54, 1.807) is 18.3 Å². The highest BCUT2D eigenvalue weighted by molar-refractivity contribution is 9.10. The Hall–Kier alpha value is -1.39. The van der Waals surface area contributed by atoms with Crippen molar-refractivity contribution < 1.29 is 4.79 Å². The van der Waals surface area contributed by atoms with Crippen molar-refractivity contribution in [1.82, 2.24) is 4.98 Å². The molecule has 0 bridgehead atoms. The molecule has 0 aliphatic heterocycles. The molecule has 1 N–H and O–H groups in total. The number of carbonyl (C=O) groups is 1. The number of benzene rings is 1. The van der Waals surface area contributed by atoms with Crippen molar-refractivity contribution in [2.45, 2.75) is 12.8 Å². The molecule has 2 aromatic rings. The highest BCUT2D eigenvalue weighted by Crippen LogP contribution is 2.17. The molecule has 0 spiro atoms. The second-order valence-corrected chi connectivity index (χ2v) is 5.13. The van der Waals surface area contributed by atoms with Gasteiger partial charge in [-0.05, 0) is 52.2 Å². The van der Waals surface area contributed by atoms with Crippen LogP contribution in [0.2, 0.25) is 0 Å². The third kappa shape index (κ3) is 3.55. The van der Waals surface area contributed by atoms with Crippen LogP contribution in [0.4, 0.5) is 5.69 Å². The third-order valence-corrected chi connectivity index (χ3v) is 3.78. The number of aromatic nitrogens is 1. The van der Waals surface area contributed by atoms with E-state index in [0.717, 1.165) is 15.7 Å². The number of nitrogens with one attached hydrogen (secondary N) is 1. The lowest BCUT2D eigenvalue weighted by molar-refractivity contribution is 0.102. The Kier molecular flexibility index (Phi) is 4.56. The molecule has 1 aromatic carbocycles. The number of aryl methyl sites for hydroxylation is 1. The summed E-state index contributed by atoms with van der Waals surface area (Å²) < 4.78 is 0.775.